The summed E-state index contributed by atoms with van der Waals surface area (Å²) < 4.78 is 9.20. The van der Waals surface area contributed by atoms with Gasteiger partial charge in [0.05, 0.1) is 16.7 Å². The van der Waals surface area contributed by atoms with E-state index >= 15 is 0 Å². The first-order chi connectivity index (χ1) is 36.2. The van der Waals surface area contributed by atoms with E-state index in [1.54, 1.807) is 0 Å². The Labute approximate surface area is 423 Å². The maximum atomic E-state index is 6.79. The van der Waals surface area contributed by atoms with E-state index in [2.05, 4.69) is 289 Å². The molecule has 0 radical (unpaired) electrons. The van der Waals surface area contributed by atoms with Gasteiger partial charge in [-0.05, 0) is 127 Å². The van der Waals surface area contributed by atoms with Crippen LogP contribution in [-0.4, -0.2) is 4.57 Å². The molecule has 0 unspecified atom stereocenters. The molecule has 0 N–H and O–H groups in total. The standard InChI is InChI=1S/C70H46N2O/c1-3-12-47(13-4-1)52-30-38-58(39-31-52)71(66-21-11-19-64-69-61-17-8-7-16-56(61)37-45-68(69)73-70(64)66)59-40-32-54(33-41-59)51-24-22-49(23-25-51)50-26-28-55(29-27-50)57-36-44-63-62-18-9-10-20-65(62)72(67(63)46-57)60-42-34-53(35-43-60)48-14-5-2-6-15-48/h1-46H. The number of para-hydroxylation sites is 2. The van der Waals surface area contributed by atoms with Gasteiger partial charge in [-0.15, -0.1) is 0 Å². The van der Waals surface area contributed by atoms with Crippen LogP contribution in [-0.2, 0) is 0 Å². The van der Waals surface area contributed by atoms with Crippen LogP contribution in [0.15, 0.2) is 283 Å². The van der Waals surface area contributed by atoms with Crippen molar-refractivity contribution in [3.8, 4) is 61.3 Å². The lowest BCUT2D eigenvalue weighted by molar-refractivity contribution is 0.669. The Morgan fingerprint density at radius 1 is 0.288 bits per heavy atom. The van der Waals surface area contributed by atoms with E-state index in [1.807, 2.05) is 0 Å². The smallest absolute Gasteiger partial charge is 0.159 e. The number of benzene rings is 12. The molecule has 2 heterocycles. The molecule has 14 aromatic rings. The van der Waals surface area contributed by atoms with Gasteiger partial charge < -0.3 is 13.9 Å². The topological polar surface area (TPSA) is 21.3 Å². The van der Waals surface area contributed by atoms with Crippen LogP contribution in [0.3, 0.4) is 0 Å². The van der Waals surface area contributed by atoms with E-state index < -0.39 is 0 Å². The first-order valence-electron chi connectivity index (χ1n) is 25.0. The second kappa shape index (κ2) is 17.6. The van der Waals surface area contributed by atoms with Gasteiger partial charge in [0, 0.05) is 38.6 Å². The summed E-state index contributed by atoms with van der Waals surface area (Å²) in [6.07, 6.45) is 0. The molecular formula is C70H46N2O. The summed E-state index contributed by atoms with van der Waals surface area (Å²) in [6.45, 7) is 0. The van der Waals surface area contributed by atoms with E-state index in [4.69, 9.17) is 4.42 Å². The van der Waals surface area contributed by atoms with Crippen LogP contribution >= 0.6 is 0 Å². The van der Waals surface area contributed by atoms with Crippen LogP contribution in [0.25, 0.3) is 116 Å². The molecule has 0 bridgehead atoms. The van der Waals surface area contributed by atoms with Crippen LogP contribution < -0.4 is 4.90 Å². The van der Waals surface area contributed by atoms with Gasteiger partial charge in [-0.3, -0.25) is 0 Å². The van der Waals surface area contributed by atoms with Gasteiger partial charge in [-0.2, -0.15) is 0 Å². The average molecular weight is 931 g/mol. The fourth-order valence-corrected chi connectivity index (χ4v) is 11.0. The number of rotatable bonds is 9. The second-order valence-corrected chi connectivity index (χ2v) is 18.9. The van der Waals surface area contributed by atoms with Crippen molar-refractivity contribution in [3.63, 3.8) is 0 Å². The van der Waals surface area contributed by atoms with Crippen molar-refractivity contribution in [3.05, 3.63) is 279 Å². The Kier molecular flexibility index (Phi) is 10.2. The lowest BCUT2D eigenvalue weighted by Gasteiger charge is -2.26. The molecule has 12 aromatic carbocycles. The normalized spacial score (nSPS) is 11.6. The van der Waals surface area contributed by atoms with Crippen molar-refractivity contribution in [2.24, 2.45) is 0 Å². The maximum absolute atomic E-state index is 6.79. The van der Waals surface area contributed by atoms with E-state index in [-0.39, 0.29) is 0 Å². The molecule has 2 aromatic heterocycles. The molecule has 14 rings (SSSR count). The number of anilines is 3. The Morgan fingerprint density at radius 3 is 1.32 bits per heavy atom. The summed E-state index contributed by atoms with van der Waals surface area (Å²) in [4.78, 5) is 2.32. The van der Waals surface area contributed by atoms with Crippen LogP contribution in [0.5, 0.6) is 0 Å². The van der Waals surface area contributed by atoms with Crippen LogP contribution in [0.1, 0.15) is 0 Å². The monoisotopic (exact) mass is 930 g/mol. The summed E-state index contributed by atoms with van der Waals surface area (Å²) in [5.41, 5.74) is 20.2. The van der Waals surface area contributed by atoms with Gasteiger partial charge in [0.1, 0.15) is 5.58 Å². The highest BCUT2D eigenvalue weighted by molar-refractivity contribution is 6.21. The van der Waals surface area contributed by atoms with Gasteiger partial charge >= 0.3 is 0 Å². The number of fused-ring (bicyclic) bond motifs is 8. The van der Waals surface area contributed by atoms with Gasteiger partial charge in [-0.1, -0.05) is 218 Å². The summed E-state index contributed by atoms with van der Waals surface area (Å²) in [5, 5.41) is 7.14. The van der Waals surface area contributed by atoms with Gasteiger partial charge in [0.25, 0.3) is 0 Å². The SMILES string of the molecule is c1ccc(-c2ccc(N(c3ccc(-c4ccc(-c5ccc(-c6ccc7c8ccccc8n(-c8ccc(-c9ccccc9)cc8)c7c6)cc5)cc4)cc3)c3cccc4c3oc3ccc5ccccc5c34)cc2)cc1. The maximum Gasteiger partial charge on any atom is 0.159 e. The third-order valence-corrected chi connectivity index (χ3v) is 14.6. The molecule has 0 saturated heterocycles. The zero-order chi connectivity index (χ0) is 48.2. The summed E-state index contributed by atoms with van der Waals surface area (Å²) >= 11 is 0. The molecule has 0 aliphatic rings. The zero-order valence-electron chi connectivity index (χ0n) is 39.9. The van der Waals surface area contributed by atoms with Crippen molar-refractivity contribution in [2.75, 3.05) is 4.90 Å². The summed E-state index contributed by atoms with van der Waals surface area (Å²) in [5.74, 6) is 0. The average Bonchev–Trinajstić information content (AvgIpc) is 4.03. The van der Waals surface area contributed by atoms with E-state index in [9.17, 15) is 0 Å². The molecule has 0 spiro atoms. The Morgan fingerprint density at radius 2 is 0.726 bits per heavy atom. The van der Waals surface area contributed by atoms with Crippen LogP contribution in [0.2, 0.25) is 0 Å². The van der Waals surface area contributed by atoms with Gasteiger partial charge in [0.15, 0.2) is 5.58 Å². The van der Waals surface area contributed by atoms with E-state index in [0.717, 1.165) is 55.8 Å². The van der Waals surface area contributed by atoms with Crippen molar-refractivity contribution in [1.82, 2.24) is 4.57 Å². The quantitative estimate of drug-likeness (QED) is 0.144. The second-order valence-electron chi connectivity index (χ2n) is 18.9. The number of furan rings is 1. The van der Waals surface area contributed by atoms with Crippen LogP contribution in [0.4, 0.5) is 17.1 Å². The van der Waals surface area contributed by atoms with Crippen molar-refractivity contribution >= 4 is 71.6 Å². The highest BCUT2D eigenvalue weighted by Gasteiger charge is 2.21. The Balaban J connectivity index is 0.760. The highest BCUT2D eigenvalue weighted by Crippen LogP contribution is 2.45. The third kappa shape index (κ3) is 7.46. The molecule has 342 valence electrons. The lowest BCUT2D eigenvalue weighted by Crippen LogP contribution is -2.10. The van der Waals surface area contributed by atoms with Crippen molar-refractivity contribution in [1.29, 1.82) is 0 Å². The molecule has 0 fully saturated rings. The predicted molar refractivity (Wildman–Crippen MR) is 307 cm³/mol. The predicted octanol–water partition coefficient (Wildman–Crippen LogP) is 19.6. The number of hydrogen-bond donors (Lipinski definition) is 0. The zero-order valence-corrected chi connectivity index (χ0v) is 39.9. The molecule has 0 saturated carbocycles. The molecule has 0 aliphatic carbocycles. The molecule has 0 atom stereocenters. The summed E-state index contributed by atoms with van der Waals surface area (Å²) in [6, 6.07) is 101. The van der Waals surface area contributed by atoms with E-state index in [0.29, 0.717) is 0 Å². The largest absolute Gasteiger partial charge is 0.454 e. The first kappa shape index (κ1) is 42.2. The fourth-order valence-electron chi connectivity index (χ4n) is 11.0. The number of nitrogens with zero attached hydrogens (tertiary/aromatic N) is 2. The molecule has 3 nitrogen and oxygen atoms in total. The minimum Gasteiger partial charge on any atom is -0.454 e. The molecule has 73 heavy (non-hydrogen) atoms. The highest BCUT2D eigenvalue weighted by atomic mass is 16.3. The lowest BCUT2D eigenvalue weighted by atomic mass is 9.97. The van der Waals surface area contributed by atoms with Gasteiger partial charge in [-0.25, -0.2) is 0 Å². The minimum absolute atomic E-state index is 0.861. The Bertz CT molecular complexity index is 4310. The van der Waals surface area contributed by atoms with Gasteiger partial charge in [0.2, 0.25) is 0 Å². The third-order valence-electron chi connectivity index (χ3n) is 14.6. The first-order valence-corrected chi connectivity index (χ1v) is 25.0. The number of aromatic nitrogens is 1. The molecule has 0 aliphatic heterocycles. The molecular weight excluding hydrogens is 885 g/mol. The van der Waals surface area contributed by atoms with Crippen LogP contribution in [0, 0.1) is 0 Å². The molecule has 0 amide bonds. The van der Waals surface area contributed by atoms with Crippen molar-refractivity contribution < 1.29 is 4.42 Å². The minimum atomic E-state index is 0.861. The molecule has 3 heteroatoms. The fraction of sp³-hybridized carbons (Fsp3) is 0. The number of hydrogen-bond acceptors (Lipinski definition) is 2. The Hall–Kier alpha value is -9.70. The van der Waals surface area contributed by atoms with E-state index in [1.165, 1.54) is 77.1 Å². The summed E-state index contributed by atoms with van der Waals surface area (Å²) in [7, 11) is 0. The van der Waals surface area contributed by atoms with Crippen molar-refractivity contribution in [2.45, 2.75) is 0 Å².